The fourth-order valence-electron chi connectivity index (χ4n) is 4.05. The highest BCUT2D eigenvalue weighted by atomic mass is 32.1. The van der Waals surface area contributed by atoms with Crippen LogP contribution in [0, 0.1) is 6.92 Å². The summed E-state index contributed by atoms with van der Waals surface area (Å²) >= 11 is 1.31. The molecular weight excluding hydrogens is 426 g/mol. The maximum atomic E-state index is 13.2. The van der Waals surface area contributed by atoms with E-state index in [1.165, 1.54) is 11.3 Å². The Morgan fingerprint density at radius 1 is 1.06 bits per heavy atom. The van der Waals surface area contributed by atoms with Gasteiger partial charge >= 0.3 is 0 Å². The second kappa shape index (κ2) is 9.74. The molecule has 0 saturated carbocycles. The van der Waals surface area contributed by atoms with Gasteiger partial charge in [-0.3, -0.25) is 19.1 Å². The predicted molar refractivity (Wildman–Crippen MR) is 127 cm³/mol. The highest BCUT2D eigenvalue weighted by molar-refractivity contribution is 7.20. The van der Waals surface area contributed by atoms with Crippen molar-refractivity contribution in [3.05, 3.63) is 45.6 Å². The first-order chi connectivity index (χ1) is 15.5. The van der Waals surface area contributed by atoms with Crippen molar-refractivity contribution < 1.29 is 4.79 Å². The molecule has 1 aliphatic heterocycles. The van der Waals surface area contributed by atoms with Crippen LogP contribution in [0.1, 0.15) is 29.1 Å². The summed E-state index contributed by atoms with van der Waals surface area (Å²) in [6.45, 7) is 11.9. The summed E-state index contributed by atoms with van der Waals surface area (Å²) in [5.41, 5.74) is 0.670. The highest BCUT2D eigenvalue weighted by Crippen LogP contribution is 2.28. The maximum absolute atomic E-state index is 13.2. The second-order valence-corrected chi connectivity index (χ2v) is 8.83. The third-order valence-electron chi connectivity index (χ3n) is 6.03. The minimum atomic E-state index is -0.0707. The highest BCUT2D eigenvalue weighted by Gasteiger charge is 2.23. The first kappa shape index (κ1) is 22.3. The summed E-state index contributed by atoms with van der Waals surface area (Å²) in [7, 11) is 0. The standard InChI is InChI=1S/C22H29N7O2S/c1-4-27(5-2)21(31)18-16(3)17-19(32-18)25-15-29(20(17)30)14-11-26-9-12-28(13-10-26)22-23-7-6-8-24-22/h6-8,15H,4-5,9-14H2,1-3H3. The summed E-state index contributed by atoms with van der Waals surface area (Å²) in [6.07, 6.45) is 5.13. The Labute approximate surface area is 191 Å². The van der Waals surface area contributed by atoms with Gasteiger partial charge in [-0.1, -0.05) is 0 Å². The lowest BCUT2D eigenvalue weighted by atomic mass is 10.2. The minimum absolute atomic E-state index is 0.0262. The molecule has 9 nitrogen and oxygen atoms in total. The van der Waals surface area contributed by atoms with E-state index in [-0.39, 0.29) is 11.5 Å². The van der Waals surface area contributed by atoms with Gasteiger partial charge in [-0.25, -0.2) is 15.0 Å². The number of fused-ring (bicyclic) bond motifs is 1. The minimum Gasteiger partial charge on any atom is -0.338 e. The van der Waals surface area contributed by atoms with Crippen LogP contribution in [0.2, 0.25) is 0 Å². The van der Waals surface area contributed by atoms with E-state index in [2.05, 4.69) is 24.8 Å². The first-order valence-corrected chi connectivity index (χ1v) is 11.9. The Bertz CT molecular complexity index is 1130. The van der Waals surface area contributed by atoms with Crippen LogP contribution in [0.5, 0.6) is 0 Å². The van der Waals surface area contributed by atoms with Crippen molar-refractivity contribution in [2.75, 3.05) is 50.7 Å². The molecular formula is C22H29N7O2S. The van der Waals surface area contributed by atoms with Crippen molar-refractivity contribution in [3.63, 3.8) is 0 Å². The maximum Gasteiger partial charge on any atom is 0.264 e. The number of carbonyl (C=O) groups excluding carboxylic acids is 1. The third kappa shape index (κ3) is 4.37. The summed E-state index contributed by atoms with van der Waals surface area (Å²) in [4.78, 5) is 46.7. The third-order valence-corrected chi connectivity index (χ3v) is 7.21. The molecule has 0 aromatic carbocycles. The molecule has 0 spiro atoms. The average Bonchev–Trinajstić information content (AvgIpc) is 3.17. The van der Waals surface area contributed by atoms with Crippen LogP contribution in [0.25, 0.3) is 10.2 Å². The number of anilines is 1. The Morgan fingerprint density at radius 2 is 1.75 bits per heavy atom. The molecule has 1 aliphatic rings. The molecule has 0 radical (unpaired) electrons. The molecule has 1 amide bonds. The Kier molecular flexibility index (Phi) is 6.80. The van der Waals surface area contributed by atoms with Crippen LogP contribution in [0.4, 0.5) is 5.95 Å². The zero-order valence-corrected chi connectivity index (χ0v) is 19.6. The van der Waals surface area contributed by atoms with Gasteiger partial charge in [0.05, 0.1) is 16.6 Å². The molecule has 0 atom stereocenters. The van der Waals surface area contributed by atoms with Gasteiger partial charge in [0.1, 0.15) is 4.83 Å². The lowest BCUT2D eigenvalue weighted by Gasteiger charge is -2.34. The largest absolute Gasteiger partial charge is 0.338 e. The van der Waals surface area contributed by atoms with Crippen LogP contribution in [-0.2, 0) is 6.54 Å². The van der Waals surface area contributed by atoms with Gasteiger partial charge in [-0.2, -0.15) is 0 Å². The molecule has 0 aliphatic carbocycles. The van der Waals surface area contributed by atoms with E-state index in [4.69, 9.17) is 0 Å². The van der Waals surface area contributed by atoms with Gasteiger partial charge in [-0.15, -0.1) is 11.3 Å². The van der Waals surface area contributed by atoms with Crippen LogP contribution in [0.3, 0.4) is 0 Å². The monoisotopic (exact) mass is 455 g/mol. The van der Waals surface area contributed by atoms with Crippen LogP contribution >= 0.6 is 11.3 Å². The zero-order valence-electron chi connectivity index (χ0n) is 18.8. The summed E-state index contributed by atoms with van der Waals surface area (Å²) in [5, 5.41) is 0.569. The van der Waals surface area contributed by atoms with E-state index >= 15 is 0 Å². The lowest BCUT2D eigenvalue weighted by Crippen LogP contribution is -2.48. The van der Waals surface area contributed by atoms with Crippen molar-refractivity contribution in [2.24, 2.45) is 0 Å². The molecule has 0 N–H and O–H groups in total. The number of amides is 1. The van der Waals surface area contributed by atoms with Gasteiger partial charge in [-0.05, 0) is 32.4 Å². The van der Waals surface area contributed by atoms with E-state index < -0.39 is 0 Å². The second-order valence-electron chi connectivity index (χ2n) is 7.83. The van der Waals surface area contributed by atoms with Crippen LogP contribution in [-0.4, -0.2) is 81.0 Å². The molecule has 4 rings (SSSR count). The number of piperazine rings is 1. The van der Waals surface area contributed by atoms with E-state index in [0.717, 1.165) is 44.2 Å². The summed E-state index contributed by atoms with van der Waals surface area (Å²) in [6, 6.07) is 1.82. The number of aromatic nitrogens is 4. The summed E-state index contributed by atoms with van der Waals surface area (Å²) < 4.78 is 1.67. The fourth-order valence-corrected chi connectivity index (χ4v) is 5.16. The zero-order chi connectivity index (χ0) is 22.7. The SMILES string of the molecule is CCN(CC)C(=O)c1sc2ncn(CCN3CCN(c4ncccn4)CC3)c(=O)c2c1C. The topological polar surface area (TPSA) is 87.5 Å². The van der Waals surface area contributed by atoms with Crippen molar-refractivity contribution in [2.45, 2.75) is 27.3 Å². The summed E-state index contributed by atoms with van der Waals surface area (Å²) in [5.74, 6) is 0.739. The molecule has 10 heteroatoms. The average molecular weight is 456 g/mol. The van der Waals surface area contributed by atoms with E-state index in [1.807, 2.05) is 26.8 Å². The van der Waals surface area contributed by atoms with Crippen LogP contribution in [0.15, 0.2) is 29.6 Å². The lowest BCUT2D eigenvalue weighted by molar-refractivity contribution is 0.0777. The molecule has 1 fully saturated rings. The molecule has 170 valence electrons. The predicted octanol–water partition coefficient (Wildman–Crippen LogP) is 1.86. The van der Waals surface area contributed by atoms with Gasteiger partial charge < -0.3 is 9.80 Å². The molecule has 1 saturated heterocycles. The van der Waals surface area contributed by atoms with Gasteiger partial charge in [0, 0.05) is 64.8 Å². The number of rotatable bonds is 7. The number of nitrogens with zero attached hydrogens (tertiary/aromatic N) is 7. The fraction of sp³-hybridized carbons (Fsp3) is 0.500. The number of thiophene rings is 1. The van der Waals surface area contributed by atoms with E-state index in [1.54, 1.807) is 28.2 Å². The quantitative estimate of drug-likeness (QED) is 0.537. The van der Waals surface area contributed by atoms with Crippen molar-refractivity contribution in [3.8, 4) is 0 Å². The number of aryl methyl sites for hydroxylation is 1. The first-order valence-electron chi connectivity index (χ1n) is 11.1. The normalized spacial score (nSPS) is 14.8. The van der Waals surface area contributed by atoms with Gasteiger partial charge in [0.2, 0.25) is 5.95 Å². The van der Waals surface area contributed by atoms with Crippen molar-refractivity contribution in [1.82, 2.24) is 29.3 Å². The molecule has 32 heavy (non-hydrogen) atoms. The van der Waals surface area contributed by atoms with Gasteiger partial charge in [0.25, 0.3) is 11.5 Å². The molecule has 3 aromatic heterocycles. The van der Waals surface area contributed by atoms with Crippen molar-refractivity contribution in [1.29, 1.82) is 0 Å². The van der Waals surface area contributed by atoms with Gasteiger partial charge in [0.15, 0.2) is 0 Å². The molecule has 0 unspecified atom stereocenters. The molecule has 4 heterocycles. The van der Waals surface area contributed by atoms with E-state index in [0.29, 0.717) is 34.7 Å². The number of hydrogen-bond acceptors (Lipinski definition) is 8. The Hall–Kier alpha value is -2.85. The number of hydrogen-bond donors (Lipinski definition) is 0. The molecule has 0 bridgehead atoms. The number of carbonyl (C=O) groups is 1. The van der Waals surface area contributed by atoms with Crippen LogP contribution < -0.4 is 10.5 Å². The molecule has 3 aromatic rings. The Balaban J connectivity index is 1.44. The van der Waals surface area contributed by atoms with E-state index in [9.17, 15) is 9.59 Å². The Morgan fingerprint density at radius 3 is 2.41 bits per heavy atom. The van der Waals surface area contributed by atoms with Crippen molar-refractivity contribution >= 4 is 33.4 Å². The smallest absolute Gasteiger partial charge is 0.264 e.